The zero-order valence-corrected chi connectivity index (χ0v) is 11.5. The number of nitrogens with zero attached hydrogens (tertiary/aromatic N) is 1. The van der Waals surface area contributed by atoms with Crippen LogP contribution in [0, 0.1) is 5.92 Å². The van der Waals surface area contributed by atoms with E-state index in [-0.39, 0.29) is 12.5 Å². The minimum absolute atomic E-state index is 0.0506. The van der Waals surface area contributed by atoms with E-state index in [0.29, 0.717) is 6.42 Å². The molecule has 10 heteroatoms. The first kappa shape index (κ1) is 15.1. The van der Waals surface area contributed by atoms with Crippen molar-refractivity contribution in [3.05, 3.63) is 33.1 Å². The lowest BCUT2D eigenvalue weighted by molar-refractivity contribution is -0.0308. The van der Waals surface area contributed by atoms with Crippen molar-refractivity contribution in [2.24, 2.45) is 5.92 Å². The van der Waals surface area contributed by atoms with Gasteiger partial charge in [-0.05, 0) is 12.3 Å². The molecule has 3 atom stereocenters. The maximum absolute atomic E-state index is 11.6. The standard InChI is InChI=1S/C10H15N2O7P/c1-6-4-9(12-3-2-8(13)11-10(12)14)19-7(6)5-18-20(15,16)17/h2-3,6-7,9H,4-5H2,1H3,(H,11,13,14)(H2,15,16,17)/t6?,7-,9-/m1/s1. The molecule has 2 heterocycles. The Hall–Kier alpha value is -1.25. The predicted molar refractivity (Wildman–Crippen MR) is 67.0 cm³/mol. The highest BCUT2D eigenvalue weighted by Gasteiger charge is 2.35. The number of hydrogen-bond donors (Lipinski definition) is 3. The molecule has 0 saturated carbocycles. The molecule has 1 aliphatic heterocycles. The maximum atomic E-state index is 11.6. The van der Waals surface area contributed by atoms with Crippen LogP contribution in [-0.2, 0) is 13.8 Å². The number of rotatable bonds is 4. The molecule has 1 aromatic heterocycles. The Kier molecular flexibility index (Phi) is 4.26. The molecule has 112 valence electrons. The summed E-state index contributed by atoms with van der Waals surface area (Å²) in [5.41, 5.74) is -1.09. The smallest absolute Gasteiger partial charge is 0.352 e. The number of ether oxygens (including phenoxy) is 1. The maximum Gasteiger partial charge on any atom is 0.469 e. The molecule has 0 spiro atoms. The van der Waals surface area contributed by atoms with Gasteiger partial charge in [-0.25, -0.2) is 9.36 Å². The van der Waals surface area contributed by atoms with Crippen LogP contribution in [0.1, 0.15) is 19.6 Å². The van der Waals surface area contributed by atoms with Crippen LogP contribution in [0.5, 0.6) is 0 Å². The van der Waals surface area contributed by atoms with Gasteiger partial charge < -0.3 is 14.5 Å². The van der Waals surface area contributed by atoms with Gasteiger partial charge in [0.15, 0.2) is 0 Å². The van der Waals surface area contributed by atoms with Crippen molar-refractivity contribution in [2.75, 3.05) is 6.61 Å². The molecule has 0 radical (unpaired) electrons. The molecule has 1 unspecified atom stereocenters. The van der Waals surface area contributed by atoms with Crippen molar-refractivity contribution in [3.8, 4) is 0 Å². The number of phosphoric ester groups is 1. The third-order valence-corrected chi connectivity index (χ3v) is 3.59. The van der Waals surface area contributed by atoms with Crippen LogP contribution in [0.25, 0.3) is 0 Å². The molecular weight excluding hydrogens is 291 g/mol. The number of nitrogens with one attached hydrogen (secondary N) is 1. The van der Waals surface area contributed by atoms with E-state index in [9.17, 15) is 14.2 Å². The normalized spacial score (nSPS) is 26.9. The second-order valence-corrected chi connectivity index (χ2v) is 5.89. The number of aromatic amines is 1. The van der Waals surface area contributed by atoms with Gasteiger partial charge in [0.2, 0.25) is 0 Å². The Balaban J connectivity index is 2.08. The minimum Gasteiger partial charge on any atom is -0.352 e. The number of aromatic nitrogens is 2. The first-order valence-electron chi connectivity index (χ1n) is 5.93. The summed E-state index contributed by atoms with van der Waals surface area (Å²) in [6.45, 7) is 1.56. The van der Waals surface area contributed by atoms with Crippen molar-refractivity contribution in [1.82, 2.24) is 9.55 Å². The van der Waals surface area contributed by atoms with Crippen LogP contribution in [0.15, 0.2) is 21.9 Å². The monoisotopic (exact) mass is 306 g/mol. The molecule has 0 aliphatic carbocycles. The van der Waals surface area contributed by atoms with Gasteiger partial charge in [-0.15, -0.1) is 0 Å². The molecule has 1 saturated heterocycles. The van der Waals surface area contributed by atoms with Gasteiger partial charge in [0.1, 0.15) is 6.23 Å². The zero-order valence-electron chi connectivity index (χ0n) is 10.6. The van der Waals surface area contributed by atoms with Gasteiger partial charge in [0.25, 0.3) is 5.56 Å². The molecular formula is C10H15N2O7P. The summed E-state index contributed by atoms with van der Waals surface area (Å²) in [7, 11) is -4.55. The summed E-state index contributed by atoms with van der Waals surface area (Å²) in [4.78, 5) is 42.0. The van der Waals surface area contributed by atoms with Gasteiger partial charge in [-0.3, -0.25) is 18.9 Å². The van der Waals surface area contributed by atoms with Gasteiger partial charge in [0, 0.05) is 12.3 Å². The average Bonchev–Trinajstić information content (AvgIpc) is 2.67. The minimum atomic E-state index is -4.55. The predicted octanol–water partition coefficient (Wildman–Crippen LogP) is -0.431. The van der Waals surface area contributed by atoms with E-state index < -0.39 is 31.4 Å². The quantitative estimate of drug-likeness (QED) is 0.643. The molecule has 2 rings (SSSR count). The molecule has 1 aliphatic rings. The fraction of sp³-hybridized carbons (Fsp3) is 0.600. The van der Waals surface area contributed by atoms with Crippen LogP contribution in [0.3, 0.4) is 0 Å². The lowest BCUT2D eigenvalue weighted by atomic mass is 10.0. The highest BCUT2D eigenvalue weighted by atomic mass is 31.2. The average molecular weight is 306 g/mol. The van der Waals surface area contributed by atoms with Crippen molar-refractivity contribution in [1.29, 1.82) is 0 Å². The van der Waals surface area contributed by atoms with Crippen molar-refractivity contribution < 1.29 is 23.6 Å². The Morgan fingerprint density at radius 2 is 2.25 bits per heavy atom. The van der Waals surface area contributed by atoms with Crippen molar-refractivity contribution in [2.45, 2.75) is 25.7 Å². The number of hydrogen-bond acceptors (Lipinski definition) is 5. The summed E-state index contributed by atoms with van der Waals surface area (Å²) in [6, 6.07) is 1.20. The summed E-state index contributed by atoms with van der Waals surface area (Å²) in [5.74, 6) is -0.0506. The summed E-state index contributed by atoms with van der Waals surface area (Å²) < 4.78 is 21.9. The molecule has 1 aromatic rings. The van der Waals surface area contributed by atoms with Crippen LogP contribution >= 0.6 is 7.82 Å². The van der Waals surface area contributed by atoms with Crippen LogP contribution < -0.4 is 11.2 Å². The van der Waals surface area contributed by atoms with E-state index in [0.717, 1.165) is 0 Å². The molecule has 0 amide bonds. The van der Waals surface area contributed by atoms with E-state index in [4.69, 9.17) is 14.5 Å². The Bertz CT molecular complexity index is 633. The number of phosphoric acid groups is 1. The van der Waals surface area contributed by atoms with Crippen LogP contribution in [0.2, 0.25) is 0 Å². The Morgan fingerprint density at radius 3 is 2.85 bits per heavy atom. The van der Waals surface area contributed by atoms with E-state index >= 15 is 0 Å². The van der Waals surface area contributed by atoms with Gasteiger partial charge >= 0.3 is 13.5 Å². The van der Waals surface area contributed by atoms with Gasteiger partial charge in [-0.1, -0.05) is 6.92 Å². The molecule has 0 aromatic carbocycles. The van der Waals surface area contributed by atoms with E-state index in [1.165, 1.54) is 16.8 Å². The second-order valence-electron chi connectivity index (χ2n) is 4.65. The lowest BCUT2D eigenvalue weighted by Gasteiger charge is -2.16. The van der Waals surface area contributed by atoms with Crippen LogP contribution in [-0.4, -0.2) is 32.0 Å². The third-order valence-electron chi connectivity index (χ3n) is 3.11. The Labute approximate surface area is 113 Å². The Morgan fingerprint density at radius 1 is 1.55 bits per heavy atom. The molecule has 20 heavy (non-hydrogen) atoms. The van der Waals surface area contributed by atoms with E-state index in [1.54, 1.807) is 0 Å². The fourth-order valence-corrected chi connectivity index (χ4v) is 2.41. The summed E-state index contributed by atoms with van der Waals surface area (Å²) in [6.07, 6.45) is 0.664. The van der Waals surface area contributed by atoms with Crippen molar-refractivity contribution >= 4 is 7.82 Å². The highest BCUT2D eigenvalue weighted by Crippen LogP contribution is 2.39. The summed E-state index contributed by atoms with van der Waals surface area (Å²) in [5, 5.41) is 0. The largest absolute Gasteiger partial charge is 0.469 e. The first-order chi connectivity index (χ1) is 9.26. The van der Waals surface area contributed by atoms with Crippen LogP contribution in [0.4, 0.5) is 0 Å². The SMILES string of the molecule is CC1C[C@H](n2ccc(=O)[nH]c2=O)O[C@@H]1COP(=O)(O)O. The summed E-state index contributed by atoms with van der Waals surface area (Å²) >= 11 is 0. The molecule has 9 nitrogen and oxygen atoms in total. The third kappa shape index (κ3) is 3.65. The van der Waals surface area contributed by atoms with E-state index in [2.05, 4.69) is 9.51 Å². The second kappa shape index (κ2) is 5.63. The lowest BCUT2D eigenvalue weighted by Crippen LogP contribution is -2.31. The topological polar surface area (TPSA) is 131 Å². The van der Waals surface area contributed by atoms with Gasteiger partial charge in [-0.2, -0.15) is 0 Å². The molecule has 1 fully saturated rings. The van der Waals surface area contributed by atoms with Crippen molar-refractivity contribution in [3.63, 3.8) is 0 Å². The first-order valence-corrected chi connectivity index (χ1v) is 7.46. The van der Waals surface area contributed by atoms with Gasteiger partial charge in [0.05, 0.1) is 12.7 Å². The molecule has 3 N–H and O–H groups in total. The molecule has 0 bridgehead atoms. The van der Waals surface area contributed by atoms with E-state index in [1.807, 2.05) is 6.92 Å². The highest BCUT2D eigenvalue weighted by molar-refractivity contribution is 7.46. The fourth-order valence-electron chi connectivity index (χ4n) is 2.07. The zero-order chi connectivity index (χ0) is 14.9. The number of H-pyrrole nitrogens is 1.